The quantitative estimate of drug-likeness (QED) is 0.497. The molecule has 82 valence electrons. The largest absolute Gasteiger partial charge is 0.243 e. The second-order valence-corrected chi connectivity index (χ2v) is 3.80. The first-order valence-electron chi connectivity index (χ1n) is 5.78. The van der Waals surface area contributed by atoms with E-state index in [2.05, 4.69) is 40.8 Å². The summed E-state index contributed by atoms with van der Waals surface area (Å²) in [7, 11) is 0. The van der Waals surface area contributed by atoms with Crippen LogP contribution in [0.5, 0.6) is 0 Å². The van der Waals surface area contributed by atoms with Gasteiger partial charge in [0, 0.05) is 6.42 Å². The molecule has 0 bridgehead atoms. The Hall–Kier alpha value is -1.30. The van der Waals surface area contributed by atoms with Gasteiger partial charge in [0.15, 0.2) is 0 Å². The molecule has 0 saturated heterocycles. The van der Waals surface area contributed by atoms with Crippen molar-refractivity contribution >= 4 is 0 Å². The monoisotopic (exact) mass is 206 g/mol. The lowest BCUT2D eigenvalue weighted by molar-refractivity contribution is -0.696. The summed E-state index contributed by atoms with van der Waals surface area (Å²) in [5.74, 6) is 0. The molecule has 0 saturated carbocycles. The first-order chi connectivity index (χ1) is 7.36. The summed E-state index contributed by atoms with van der Waals surface area (Å²) < 4.78 is 4.41. The summed E-state index contributed by atoms with van der Waals surface area (Å²) in [5, 5.41) is 8.37. The summed E-state index contributed by atoms with van der Waals surface area (Å²) in [6.45, 7) is 4.28. The summed E-state index contributed by atoms with van der Waals surface area (Å²) in [5.41, 5.74) is 0. The molecule has 0 unspecified atom stereocenters. The molecule has 0 aliphatic carbocycles. The average Bonchev–Trinajstić information content (AvgIpc) is 2.71. The van der Waals surface area contributed by atoms with Crippen molar-refractivity contribution in [3.8, 4) is 6.07 Å². The van der Waals surface area contributed by atoms with Gasteiger partial charge in [0.1, 0.15) is 12.4 Å². The van der Waals surface area contributed by atoms with Gasteiger partial charge in [-0.15, -0.1) is 0 Å². The second kappa shape index (κ2) is 7.05. The third-order valence-electron chi connectivity index (χ3n) is 2.57. The van der Waals surface area contributed by atoms with Gasteiger partial charge in [-0.05, 0) is 26.2 Å². The highest BCUT2D eigenvalue weighted by Crippen LogP contribution is 2.01. The van der Waals surface area contributed by atoms with Crippen LogP contribution in [-0.2, 0) is 13.1 Å². The molecule has 3 nitrogen and oxygen atoms in total. The average molecular weight is 206 g/mol. The fourth-order valence-electron chi connectivity index (χ4n) is 1.61. The van der Waals surface area contributed by atoms with E-state index in [0.717, 1.165) is 19.5 Å². The second-order valence-electron chi connectivity index (χ2n) is 3.80. The molecule has 0 fully saturated rings. The van der Waals surface area contributed by atoms with E-state index >= 15 is 0 Å². The van der Waals surface area contributed by atoms with Crippen molar-refractivity contribution < 1.29 is 4.57 Å². The molecular weight excluding hydrogens is 186 g/mol. The van der Waals surface area contributed by atoms with E-state index in [-0.39, 0.29) is 0 Å². The van der Waals surface area contributed by atoms with Crippen LogP contribution in [0.1, 0.15) is 39.0 Å². The number of aryl methyl sites for hydroxylation is 2. The van der Waals surface area contributed by atoms with Crippen LogP contribution in [0, 0.1) is 11.3 Å². The van der Waals surface area contributed by atoms with E-state index in [1.807, 2.05) is 0 Å². The zero-order chi connectivity index (χ0) is 10.9. The lowest BCUT2D eigenvalue weighted by Crippen LogP contribution is -2.30. The minimum absolute atomic E-state index is 0.708. The van der Waals surface area contributed by atoms with Crippen LogP contribution >= 0.6 is 0 Å². The van der Waals surface area contributed by atoms with E-state index in [1.54, 1.807) is 0 Å². The molecule has 0 aromatic carbocycles. The molecule has 0 aliphatic rings. The Labute approximate surface area is 92.0 Å². The number of nitrogens with zero attached hydrogens (tertiary/aromatic N) is 3. The van der Waals surface area contributed by atoms with Gasteiger partial charge in [-0.1, -0.05) is 6.42 Å². The Kier molecular flexibility index (Phi) is 5.54. The van der Waals surface area contributed by atoms with Gasteiger partial charge in [0.2, 0.25) is 6.33 Å². The number of aromatic nitrogens is 2. The van der Waals surface area contributed by atoms with Gasteiger partial charge in [-0.25, -0.2) is 9.13 Å². The molecule has 0 amide bonds. The predicted molar refractivity (Wildman–Crippen MR) is 59.0 cm³/mol. The standard InChI is InChI=1S/C12H20N3/c1-2-14-10-11-15(12-14)9-7-5-3-4-6-8-13/h10-12H,2-7,9H2,1H3/q+1. The molecule has 15 heavy (non-hydrogen) atoms. The minimum Gasteiger partial charge on any atom is -0.237 e. The van der Waals surface area contributed by atoms with Gasteiger partial charge < -0.3 is 0 Å². The molecular formula is C12H20N3+. The van der Waals surface area contributed by atoms with E-state index < -0.39 is 0 Å². The lowest BCUT2D eigenvalue weighted by Gasteiger charge is -1.96. The van der Waals surface area contributed by atoms with Crippen molar-refractivity contribution in [1.82, 2.24) is 4.57 Å². The molecule has 1 heterocycles. The molecule has 0 spiro atoms. The number of hydrogen-bond donors (Lipinski definition) is 0. The molecule has 0 N–H and O–H groups in total. The summed E-state index contributed by atoms with van der Waals surface area (Å²) in [4.78, 5) is 0. The summed E-state index contributed by atoms with van der Waals surface area (Å²) >= 11 is 0. The molecule has 1 aromatic heterocycles. The molecule has 0 radical (unpaired) electrons. The van der Waals surface area contributed by atoms with Crippen LogP contribution < -0.4 is 4.57 Å². The van der Waals surface area contributed by atoms with E-state index in [1.165, 1.54) is 19.3 Å². The van der Waals surface area contributed by atoms with Gasteiger partial charge in [0.05, 0.1) is 19.2 Å². The Bertz CT molecular complexity index is 309. The highest BCUT2D eigenvalue weighted by atomic mass is 15.1. The van der Waals surface area contributed by atoms with Crippen LogP contribution in [0.25, 0.3) is 0 Å². The van der Waals surface area contributed by atoms with Crippen molar-refractivity contribution in [3.05, 3.63) is 18.7 Å². The topological polar surface area (TPSA) is 32.6 Å². The summed E-state index contributed by atoms with van der Waals surface area (Å²) in [6, 6.07) is 2.18. The van der Waals surface area contributed by atoms with Crippen LogP contribution in [0.4, 0.5) is 0 Å². The maximum atomic E-state index is 8.37. The van der Waals surface area contributed by atoms with Crippen LogP contribution in [0.15, 0.2) is 18.7 Å². The number of hydrogen-bond acceptors (Lipinski definition) is 1. The first kappa shape index (κ1) is 11.8. The first-order valence-corrected chi connectivity index (χ1v) is 5.78. The van der Waals surface area contributed by atoms with E-state index in [0.29, 0.717) is 6.42 Å². The fourth-order valence-corrected chi connectivity index (χ4v) is 1.61. The molecule has 1 rings (SSSR count). The fraction of sp³-hybridized carbons (Fsp3) is 0.667. The van der Waals surface area contributed by atoms with Crippen LogP contribution in [-0.4, -0.2) is 4.57 Å². The van der Waals surface area contributed by atoms with Crippen molar-refractivity contribution in [1.29, 1.82) is 5.26 Å². The van der Waals surface area contributed by atoms with E-state index in [9.17, 15) is 0 Å². The SMILES string of the molecule is CCn1cc[n+](CCCCCCC#N)c1. The molecule has 0 aliphatic heterocycles. The zero-order valence-electron chi connectivity index (χ0n) is 9.52. The highest BCUT2D eigenvalue weighted by molar-refractivity contribution is 4.67. The van der Waals surface area contributed by atoms with Gasteiger partial charge in [-0.2, -0.15) is 5.26 Å². The number of imidazole rings is 1. The lowest BCUT2D eigenvalue weighted by atomic mass is 10.1. The Balaban J connectivity index is 2.07. The van der Waals surface area contributed by atoms with Gasteiger partial charge in [-0.3, -0.25) is 0 Å². The van der Waals surface area contributed by atoms with Gasteiger partial charge >= 0.3 is 0 Å². The summed E-state index contributed by atoms with van der Waals surface area (Å²) in [6.07, 6.45) is 11.8. The van der Waals surface area contributed by atoms with Gasteiger partial charge in [0.25, 0.3) is 0 Å². The Morgan fingerprint density at radius 1 is 1.27 bits per heavy atom. The Morgan fingerprint density at radius 3 is 2.73 bits per heavy atom. The normalized spacial score (nSPS) is 10.1. The number of nitriles is 1. The molecule has 3 heteroatoms. The van der Waals surface area contributed by atoms with Crippen molar-refractivity contribution in [3.63, 3.8) is 0 Å². The zero-order valence-corrected chi connectivity index (χ0v) is 9.52. The number of rotatable bonds is 7. The third kappa shape index (κ3) is 4.64. The predicted octanol–water partition coefficient (Wildman–Crippen LogP) is 2.27. The molecule has 0 atom stereocenters. The van der Waals surface area contributed by atoms with Crippen molar-refractivity contribution in [2.24, 2.45) is 0 Å². The molecule has 1 aromatic rings. The van der Waals surface area contributed by atoms with Crippen molar-refractivity contribution in [2.45, 2.75) is 52.1 Å². The minimum atomic E-state index is 0.708. The maximum absolute atomic E-state index is 8.37. The maximum Gasteiger partial charge on any atom is 0.243 e. The number of unbranched alkanes of at least 4 members (excludes halogenated alkanes) is 4. The van der Waals surface area contributed by atoms with Crippen molar-refractivity contribution in [2.75, 3.05) is 0 Å². The van der Waals surface area contributed by atoms with E-state index in [4.69, 9.17) is 5.26 Å². The third-order valence-corrected chi connectivity index (χ3v) is 2.57. The Morgan fingerprint density at radius 2 is 2.07 bits per heavy atom. The highest BCUT2D eigenvalue weighted by Gasteiger charge is 2.00. The smallest absolute Gasteiger partial charge is 0.237 e. The van der Waals surface area contributed by atoms with Crippen LogP contribution in [0.3, 0.4) is 0 Å². The van der Waals surface area contributed by atoms with Crippen LogP contribution in [0.2, 0.25) is 0 Å².